The number of thioether (sulfide) groups is 1. The summed E-state index contributed by atoms with van der Waals surface area (Å²) in [5.41, 5.74) is 4.21. The Bertz CT molecular complexity index is 1140. The first-order chi connectivity index (χ1) is 14.2. The second-order valence-corrected chi connectivity index (χ2v) is 8.00. The van der Waals surface area contributed by atoms with Gasteiger partial charge < -0.3 is 9.52 Å². The summed E-state index contributed by atoms with van der Waals surface area (Å²) in [5.74, 6) is 2.33. The molecule has 0 unspecified atom stereocenters. The molecule has 2 heterocycles. The largest absolute Gasteiger partial charge is 0.493 e. The predicted molar refractivity (Wildman–Crippen MR) is 113 cm³/mol. The van der Waals surface area contributed by atoms with E-state index < -0.39 is 0 Å². The zero-order chi connectivity index (χ0) is 19.6. The molecule has 0 bridgehead atoms. The highest BCUT2D eigenvalue weighted by Gasteiger charge is 2.26. The number of nitrogens with zero attached hydrogens (tertiary/aromatic N) is 3. The Balaban J connectivity index is 1.31. The van der Waals surface area contributed by atoms with Crippen molar-refractivity contribution in [2.75, 3.05) is 0 Å². The maximum absolute atomic E-state index is 9.84. The summed E-state index contributed by atoms with van der Waals surface area (Å²) in [6, 6.07) is 20.1. The molecule has 0 spiro atoms. The van der Waals surface area contributed by atoms with Gasteiger partial charge in [-0.15, -0.1) is 0 Å². The molecule has 0 amide bonds. The van der Waals surface area contributed by atoms with Gasteiger partial charge in [0.25, 0.3) is 0 Å². The molecule has 0 aliphatic heterocycles. The summed E-state index contributed by atoms with van der Waals surface area (Å²) in [6.45, 7) is 0. The van der Waals surface area contributed by atoms with Crippen LogP contribution in [0.1, 0.15) is 30.3 Å². The lowest BCUT2D eigenvalue weighted by Crippen LogP contribution is -1.93. The molecular weight excluding hydrogens is 382 g/mol. The van der Waals surface area contributed by atoms with Gasteiger partial charge in [-0.3, -0.25) is 0 Å². The first-order valence-corrected chi connectivity index (χ1v) is 10.5. The SMILES string of the molecule is Oc1cc(C2CC2)nc(SCc2ncc(-c3cccc(-c4ccccc4)c3)o2)n1. The van der Waals surface area contributed by atoms with Gasteiger partial charge in [0, 0.05) is 17.5 Å². The Labute approximate surface area is 172 Å². The van der Waals surface area contributed by atoms with Crippen LogP contribution in [-0.2, 0) is 5.75 Å². The van der Waals surface area contributed by atoms with Crippen LogP contribution in [0.5, 0.6) is 5.88 Å². The van der Waals surface area contributed by atoms with E-state index in [0.717, 1.165) is 41.0 Å². The lowest BCUT2D eigenvalue weighted by molar-refractivity contribution is 0.443. The third kappa shape index (κ3) is 4.17. The van der Waals surface area contributed by atoms with Gasteiger partial charge in [-0.1, -0.05) is 60.3 Å². The monoisotopic (exact) mass is 401 g/mol. The maximum Gasteiger partial charge on any atom is 0.215 e. The van der Waals surface area contributed by atoms with Crippen LogP contribution < -0.4 is 0 Å². The smallest absolute Gasteiger partial charge is 0.215 e. The van der Waals surface area contributed by atoms with Crippen molar-refractivity contribution < 1.29 is 9.52 Å². The van der Waals surface area contributed by atoms with Crippen molar-refractivity contribution >= 4 is 11.8 Å². The molecule has 0 atom stereocenters. The molecule has 5 rings (SSSR count). The van der Waals surface area contributed by atoms with E-state index in [4.69, 9.17) is 4.42 Å². The molecule has 29 heavy (non-hydrogen) atoms. The van der Waals surface area contributed by atoms with E-state index in [9.17, 15) is 5.11 Å². The van der Waals surface area contributed by atoms with Crippen LogP contribution in [0.2, 0.25) is 0 Å². The third-order valence-electron chi connectivity index (χ3n) is 4.84. The number of aromatic nitrogens is 3. The lowest BCUT2D eigenvalue weighted by Gasteiger charge is -2.04. The maximum atomic E-state index is 9.84. The Morgan fingerprint density at radius 2 is 1.72 bits per heavy atom. The molecule has 5 nitrogen and oxygen atoms in total. The molecule has 144 valence electrons. The van der Waals surface area contributed by atoms with Crippen LogP contribution in [0.3, 0.4) is 0 Å². The first kappa shape index (κ1) is 17.9. The highest BCUT2D eigenvalue weighted by atomic mass is 32.2. The van der Waals surface area contributed by atoms with Gasteiger partial charge in [0.1, 0.15) is 0 Å². The van der Waals surface area contributed by atoms with E-state index in [1.54, 1.807) is 12.3 Å². The molecule has 1 aliphatic carbocycles. The first-order valence-electron chi connectivity index (χ1n) is 9.56. The van der Waals surface area contributed by atoms with Crippen molar-refractivity contribution in [3.8, 4) is 28.3 Å². The lowest BCUT2D eigenvalue weighted by atomic mass is 10.0. The van der Waals surface area contributed by atoms with E-state index in [1.807, 2.05) is 30.3 Å². The number of hydrogen-bond acceptors (Lipinski definition) is 6. The van der Waals surface area contributed by atoms with Crippen molar-refractivity contribution in [1.29, 1.82) is 0 Å². The summed E-state index contributed by atoms with van der Waals surface area (Å²) in [7, 11) is 0. The highest BCUT2D eigenvalue weighted by molar-refractivity contribution is 7.98. The van der Waals surface area contributed by atoms with E-state index in [2.05, 4.69) is 39.2 Å². The Hall–Kier alpha value is -3.12. The fraction of sp³-hybridized carbons (Fsp3) is 0.174. The van der Waals surface area contributed by atoms with Gasteiger partial charge in [-0.25, -0.2) is 9.97 Å². The minimum atomic E-state index is 0.0234. The fourth-order valence-electron chi connectivity index (χ4n) is 3.20. The fourth-order valence-corrected chi connectivity index (χ4v) is 3.92. The van der Waals surface area contributed by atoms with Crippen molar-refractivity contribution in [3.63, 3.8) is 0 Å². The van der Waals surface area contributed by atoms with Crippen LogP contribution in [0.25, 0.3) is 22.5 Å². The molecule has 2 aromatic heterocycles. The average Bonchev–Trinajstić information content (AvgIpc) is 3.51. The summed E-state index contributed by atoms with van der Waals surface area (Å²) in [5, 5.41) is 10.4. The molecule has 1 aliphatic rings. The highest BCUT2D eigenvalue weighted by Crippen LogP contribution is 2.40. The third-order valence-corrected chi connectivity index (χ3v) is 5.67. The topological polar surface area (TPSA) is 72.0 Å². The number of oxazole rings is 1. The number of rotatable bonds is 6. The number of hydrogen-bond donors (Lipinski definition) is 1. The van der Waals surface area contributed by atoms with Crippen LogP contribution in [0, 0.1) is 0 Å². The average molecular weight is 401 g/mol. The van der Waals surface area contributed by atoms with Gasteiger partial charge in [0.15, 0.2) is 10.9 Å². The van der Waals surface area contributed by atoms with Crippen LogP contribution in [0.15, 0.2) is 76.4 Å². The molecule has 2 aromatic carbocycles. The Morgan fingerprint density at radius 3 is 2.55 bits per heavy atom. The van der Waals surface area contributed by atoms with Crippen molar-refractivity contribution in [2.24, 2.45) is 0 Å². The van der Waals surface area contributed by atoms with E-state index in [1.165, 1.54) is 11.8 Å². The second-order valence-electron chi connectivity index (χ2n) is 7.06. The van der Waals surface area contributed by atoms with Gasteiger partial charge >= 0.3 is 0 Å². The Kier molecular flexibility index (Phi) is 4.77. The minimum absolute atomic E-state index is 0.0234. The van der Waals surface area contributed by atoms with Crippen LogP contribution in [-0.4, -0.2) is 20.1 Å². The molecule has 1 fully saturated rings. The molecule has 0 radical (unpaired) electrons. The second kappa shape index (κ2) is 7.72. The summed E-state index contributed by atoms with van der Waals surface area (Å²) in [6.07, 6.45) is 4.01. The van der Waals surface area contributed by atoms with Gasteiger partial charge in [0.05, 0.1) is 17.6 Å². The number of aromatic hydroxyl groups is 1. The number of benzene rings is 2. The predicted octanol–water partition coefficient (Wildman–Crippen LogP) is 5.67. The Morgan fingerprint density at radius 1 is 0.931 bits per heavy atom. The summed E-state index contributed by atoms with van der Waals surface area (Å²) < 4.78 is 5.95. The van der Waals surface area contributed by atoms with Gasteiger partial charge in [0.2, 0.25) is 11.8 Å². The van der Waals surface area contributed by atoms with E-state index >= 15 is 0 Å². The van der Waals surface area contributed by atoms with Crippen LogP contribution >= 0.6 is 11.8 Å². The van der Waals surface area contributed by atoms with Crippen molar-refractivity contribution in [3.05, 3.63) is 78.4 Å². The van der Waals surface area contributed by atoms with Gasteiger partial charge in [-0.2, -0.15) is 4.98 Å². The van der Waals surface area contributed by atoms with E-state index in [-0.39, 0.29) is 5.88 Å². The molecule has 4 aromatic rings. The molecule has 6 heteroatoms. The normalized spacial score (nSPS) is 13.5. The van der Waals surface area contributed by atoms with Crippen molar-refractivity contribution in [2.45, 2.75) is 29.7 Å². The molecule has 0 saturated heterocycles. The quantitative estimate of drug-likeness (QED) is 0.331. The zero-order valence-corrected chi connectivity index (χ0v) is 16.5. The van der Waals surface area contributed by atoms with Crippen molar-refractivity contribution in [1.82, 2.24) is 15.0 Å². The van der Waals surface area contributed by atoms with Gasteiger partial charge in [-0.05, 0) is 30.0 Å². The summed E-state index contributed by atoms with van der Waals surface area (Å²) >= 11 is 1.42. The van der Waals surface area contributed by atoms with Crippen LogP contribution in [0.4, 0.5) is 0 Å². The standard InChI is InChI=1S/C23H19N3O2S/c27-21-12-19(16-9-10-16)25-23(26-21)29-14-22-24-13-20(28-22)18-8-4-7-17(11-18)15-5-2-1-3-6-15/h1-8,11-13,16H,9-10,14H2,(H,25,26,27). The molecule has 1 N–H and O–H groups in total. The minimum Gasteiger partial charge on any atom is -0.493 e. The van der Waals surface area contributed by atoms with E-state index in [0.29, 0.717) is 22.7 Å². The summed E-state index contributed by atoms with van der Waals surface area (Å²) in [4.78, 5) is 13.0. The molecular formula is C23H19N3O2S. The zero-order valence-electron chi connectivity index (χ0n) is 15.7. The molecule has 1 saturated carbocycles.